The molecule has 120 valence electrons. The average Bonchev–Trinajstić information content (AvgIpc) is 3.09. The lowest BCUT2D eigenvalue weighted by Gasteiger charge is -2.16. The molecule has 0 aliphatic carbocycles. The van der Waals surface area contributed by atoms with Gasteiger partial charge in [0.2, 0.25) is 0 Å². The summed E-state index contributed by atoms with van der Waals surface area (Å²) in [6.45, 7) is 6.26. The molecule has 0 unspecified atom stereocenters. The van der Waals surface area contributed by atoms with E-state index in [1.807, 2.05) is 38.3 Å². The highest BCUT2D eigenvalue weighted by Crippen LogP contribution is 2.25. The van der Waals surface area contributed by atoms with E-state index in [-0.39, 0.29) is 0 Å². The van der Waals surface area contributed by atoms with Gasteiger partial charge < -0.3 is 9.64 Å². The van der Waals surface area contributed by atoms with Gasteiger partial charge in [-0.1, -0.05) is 6.07 Å². The van der Waals surface area contributed by atoms with Gasteiger partial charge in [0.15, 0.2) is 0 Å². The van der Waals surface area contributed by atoms with E-state index in [2.05, 4.69) is 22.0 Å². The van der Waals surface area contributed by atoms with Crippen LogP contribution in [0.5, 0.6) is 5.75 Å². The van der Waals surface area contributed by atoms with Crippen LogP contribution in [-0.4, -0.2) is 30.2 Å². The molecular weight excluding hydrogens is 286 g/mol. The third-order valence-electron chi connectivity index (χ3n) is 4.28. The summed E-state index contributed by atoms with van der Waals surface area (Å²) in [7, 11) is 1.70. The van der Waals surface area contributed by atoms with Crippen molar-refractivity contribution in [1.82, 2.24) is 9.97 Å². The molecule has 23 heavy (non-hydrogen) atoms. The number of hydrogen-bond acceptors (Lipinski definition) is 4. The van der Waals surface area contributed by atoms with Gasteiger partial charge in [0.1, 0.15) is 11.6 Å². The first-order valence-corrected chi connectivity index (χ1v) is 8.09. The predicted molar refractivity (Wildman–Crippen MR) is 94.9 cm³/mol. The van der Waals surface area contributed by atoms with Gasteiger partial charge in [-0.2, -0.15) is 0 Å². The lowest BCUT2D eigenvalue weighted by Crippen LogP contribution is -2.18. The molecule has 0 N–H and O–H groups in total. The Morgan fingerprint density at radius 1 is 1.13 bits per heavy atom. The number of rotatable bonds is 4. The molecule has 0 aromatic carbocycles. The maximum Gasteiger partial charge on any atom is 0.129 e. The monoisotopic (exact) mass is 309 g/mol. The summed E-state index contributed by atoms with van der Waals surface area (Å²) in [6, 6.07) is 6.17. The summed E-state index contributed by atoms with van der Waals surface area (Å²) in [5.41, 5.74) is 3.98. The zero-order valence-corrected chi connectivity index (χ0v) is 14.0. The third kappa shape index (κ3) is 3.36. The first-order chi connectivity index (χ1) is 11.2. The van der Waals surface area contributed by atoms with Crippen LogP contribution in [0.15, 0.2) is 24.4 Å². The molecule has 1 aliphatic heterocycles. The first kappa shape index (κ1) is 15.5. The average molecular weight is 309 g/mol. The third-order valence-corrected chi connectivity index (χ3v) is 4.28. The Balaban J connectivity index is 1.84. The van der Waals surface area contributed by atoms with E-state index < -0.39 is 0 Å². The number of aryl methyl sites for hydroxylation is 1. The van der Waals surface area contributed by atoms with E-state index in [1.165, 1.54) is 12.8 Å². The molecule has 0 amide bonds. The Morgan fingerprint density at radius 3 is 2.65 bits per heavy atom. The highest BCUT2D eigenvalue weighted by Gasteiger charge is 2.13. The molecule has 4 nitrogen and oxygen atoms in total. The Bertz CT molecular complexity index is 719. The van der Waals surface area contributed by atoms with Crippen LogP contribution in [0.1, 0.15) is 35.4 Å². The van der Waals surface area contributed by atoms with Gasteiger partial charge in [-0.15, -0.1) is 0 Å². The lowest BCUT2D eigenvalue weighted by molar-refractivity contribution is 0.407. The van der Waals surface area contributed by atoms with Crippen LogP contribution in [0.4, 0.5) is 5.82 Å². The molecule has 3 rings (SSSR count). The fraction of sp³-hybridized carbons (Fsp3) is 0.368. The minimum atomic E-state index is 0.901. The summed E-state index contributed by atoms with van der Waals surface area (Å²) < 4.78 is 5.46. The standard InChI is InChI=1S/C19H23N3O/c1-14-13-20-17(15(2)19(14)23-3)10-9-16-7-6-8-18(21-16)22-11-4-5-12-22/h6-10,13H,4-5,11-12H2,1-3H3/b10-9+. The second-order valence-corrected chi connectivity index (χ2v) is 5.93. The Kier molecular flexibility index (Phi) is 4.60. The number of pyridine rings is 2. The molecule has 0 bridgehead atoms. The molecule has 0 saturated carbocycles. The van der Waals surface area contributed by atoms with Gasteiger partial charge in [-0.3, -0.25) is 4.98 Å². The van der Waals surface area contributed by atoms with Gasteiger partial charge in [0.25, 0.3) is 0 Å². The molecular formula is C19H23N3O. The van der Waals surface area contributed by atoms with Crippen molar-refractivity contribution in [3.8, 4) is 5.75 Å². The van der Waals surface area contributed by atoms with E-state index in [1.54, 1.807) is 7.11 Å². The maximum absolute atomic E-state index is 5.46. The van der Waals surface area contributed by atoms with Crippen LogP contribution in [-0.2, 0) is 0 Å². The molecule has 0 atom stereocenters. The van der Waals surface area contributed by atoms with Crippen molar-refractivity contribution >= 4 is 18.0 Å². The summed E-state index contributed by atoms with van der Waals surface area (Å²) >= 11 is 0. The second kappa shape index (κ2) is 6.82. The number of ether oxygens (including phenoxy) is 1. The molecule has 1 aliphatic rings. The van der Waals surface area contributed by atoms with E-state index in [0.717, 1.165) is 47.2 Å². The number of methoxy groups -OCH3 is 1. The largest absolute Gasteiger partial charge is 0.496 e. The molecule has 4 heteroatoms. The summed E-state index contributed by atoms with van der Waals surface area (Å²) in [5.74, 6) is 1.97. The van der Waals surface area contributed by atoms with E-state index in [0.29, 0.717) is 0 Å². The van der Waals surface area contributed by atoms with Crippen molar-refractivity contribution in [3.63, 3.8) is 0 Å². The Labute approximate surface area is 137 Å². The van der Waals surface area contributed by atoms with Crippen LogP contribution in [0.25, 0.3) is 12.2 Å². The molecule has 0 spiro atoms. The molecule has 2 aromatic heterocycles. The van der Waals surface area contributed by atoms with Crippen LogP contribution in [0, 0.1) is 13.8 Å². The zero-order valence-electron chi connectivity index (χ0n) is 14.0. The quantitative estimate of drug-likeness (QED) is 0.859. The topological polar surface area (TPSA) is 38.2 Å². The zero-order chi connectivity index (χ0) is 16.2. The number of hydrogen-bond donors (Lipinski definition) is 0. The molecule has 2 aromatic rings. The Morgan fingerprint density at radius 2 is 1.91 bits per heavy atom. The van der Waals surface area contributed by atoms with Crippen LogP contribution in [0.3, 0.4) is 0 Å². The Hall–Kier alpha value is -2.36. The maximum atomic E-state index is 5.46. The SMILES string of the molecule is COc1c(C)cnc(/C=C/c2cccc(N3CCCC3)n2)c1C. The van der Waals surface area contributed by atoms with E-state index in [9.17, 15) is 0 Å². The van der Waals surface area contributed by atoms with Gasteiger partial charge >= 0.3 is 0 Å². The lowest BCUT2D eigenvalue weighted by atomic mass is 10.1. The second-order valence-electron chi connectivity index (χ2n) is 5.93. The van der Waals surface area contributed by atoms with E-state index in [4.69, 9.17) is 9.72 Å². The molecule has 1 fully saturated rings. The summed E-state index contributed by atoms with van der Waals surface area (Å²) in [6.07, 6.45) is 8.39. The number of anilines is 1. The molecule has 0 radical (unpaired) electrons. The minimum Gasteiger partial charge on any atom is -0.496 e. The minimum absolute atomic E-state index is 0.901. The van der Waals surface area contributed by atoms with Crippen molar-refractivity contribution in [3.05, 3.63) is 46.9 Å². The van der Waals surface area contributed by atoms with Crippen LogP contribution in [0.2, 0.25) is 0 Å². The van der Waals surface area contributed by atoms with Gasteiger partial charge in [0, 0.05) is 30.4 Å². The molecule has 1 saturated heterocycles. The smallest absolute Gasteiger partial charge is 0.129 e. The van der Waals surface area contributed by atoms with Crippen molar-refractivity contribution in [2.45, 2.75) is 26.7 Å². The van der Waals surface area contributed by atoms with Crippen molar-refractivity contribution in [2.24, 2.45) is 0 Å². The summed E-state index contributed by atoms with van der Waals surface area (Å²) in [4.78, 5) is 11.6. The highest BCUT2D eigenvalue weighted by molar-refractivity contribution is 5.69. The van der Waals surface area contributed by atoms with Gasteiger partial charge in [0.05, 0.1) is 18.5 Å². The number of nitrogens with zero attached hydrogens (tertiary/aromatic N) is 3. The predicted octanol–water partition coefficient (Wildman–Crippen LogP) is 3.87. The van der Waals surface area contributed by atoms with Crippen LogP contribution >= 0.6 is 0 Å². The summed E-state index contributed by atoms with van der Waals surface area (Å²) in [5, 5.41) is 0. The fourth-order valence-corrected chi connectivity index (χ4v) is 3.04. The number of aromatic nitrogens is 2. The van der Waals surface area contributed by atoms with Crippen LogP contribution < -0.4 is 9.64 Å². The van der Waals surface area contributed by atoms with Crippen molar-refractivity contribution in [1.29, 1.82) is 0 Å². The van der Waals surface area contributed by atoms with Crippen molar-refractivity contribution in [2.75, 3.05) is 25.1 Å². The normalized spacial score (nSPS) is 14.7. The first-order valence-electron chi connectivity index (χ1n) is 8.09. The van der Waals surface area contributed by atoms with Gasteiger partial charge in [-0.25, -0.2) is 4.98 Å². The molecule has 3 heterocycles. The highest BCUT2D eigenvalue weighted by atomic mass is 16.5. The van der Waals surface area contributed by atoms with Gasteiger partial charge in [-0.05, 0) is 51.0 Å². The van der Waals surface area contributed by atoms with Crippen molar-refractivity contribution < 1.29 is 4.74 Å². The van der Waals surface area contributed by atoms with E-state index >= 15 is 0 Å². The fourth-order valence-electron chi connectivity index (χ4n) is 3.04.